The molecule has 204 valence electrons. The second-order valence-electron chi connectivity index (χ2n) is 9.14. The lowest BCUT2D eigenvalue weighted by Gasteiger charge is -2.13. The Bertz CT molecular complexity index is 1740. The third-order valence-corrected chi connectivity index (χ3v) is 6.35. The summed E-state index contributed by atoms with van der Waals surface area (Å²) in [6.07, 6.45) is 1.14. The summed E-state index contributed by atoms with van der Waals surface area (Å²) in [5, 5.41) is 0.493. The molecule has 5 aromatic heterocycles. The fraction of sp³-hybridized carbons (Fsp3) is 0.269. The molecule has 0 saturated heterocycles. The molecule has 0 radical (unpaired) electrons. The summed E-state index contributed by atoms with van der Waals surface area (Å²) in [5.74, 6) is -0.0923. The summed E-state index contributed by atoms with van der Waals surface area (Å²) in [5.41, 5.74) is 0.564. The van der Waals surface area contributed by atoms with Crippen molar-refractivity contribution in [1.29, 1.82) is 0 Å². The van der Waals surface area contributed by atoms with E-state index in [2.05, 4.69) is 34.9 Å². The molecule has 10 nitrogen and oxygen atoms in total. The molecule has 0 aromatic carbocycles. The largest absolute Gasteiger partial charge is 0.480 e. The number of hydrogen-bond donors (Lipinski definition) is 0. The number of aryl methyl sites for hydroxylation is 1. The van der Waals surface area contributed by atoms with Gasteiger partial charge in [-0.15, -0.1) is 0 Å². The van der Waals surface area contributed by atoms with E-state index in [0.717, 1.165) is 29.3 Å². The highest BCUT2D eigenvalue weighted by Crippen LogP contribution is 2.45. The van der Waals surface area contributed by atoms with E-state index in [9.17, 15) is 17.6 Å². The number of imidazole rings is 1. The molecule has 5 aromatic rings. The predicted octanol–water partition coefficient (Wildman–Crippen LogP) is 4.90. The number of ether oxygens (including phenoxy) is 2. The molecule has 0 unspecified atom stereocenters. The van der Waals surface area contributed by atoms with Gasteiger partial charge in [0.1, 0.15) is 24.2 Å². The first-order valence-electron chi connectivity index (χ1n) is 12.1. The Kier molecular flexibility index (Phi) is 6.24. The normalized spacial score (nSPS) is 13.6. The molecular formula is C26H20F4N8O2. The van der Waals surface area contributed by atoms with Gasteiger partial charge in [-0.05, 0) is 37.1 Å². The summed E-state index contributed by atoms with van der Waals surface area (Å²) >= 11 is 0. The van der Waals surface area contributed by atoms with Crippen molar-refractivity contribution in [2.45, 2.75) is 31.5 Å². The smallest absolute Gasteiger partial charge is 0.434 e. The molecule has 0 amide bonds. The van der Waals surface area contributed by atoms with Gasteiger partial charge >= 0.3 is 6.18 Å². The van der Waals surface area contributed by atoms with Crippen molar-refractivity contribution in [2.75, 3.05) is 7.11 Å². The number of halogens is 4. The van der Waals surface area contributed by atoms with Gasteiger partial charge in [-0.3, -0.25) is 0 Å². The van der Waals surface area contributed by atoms with Gasteiger partial charge < -0.3 is 14.0 Å². The quantitative estimate of drug-likeness (QED) is 0.205. The van der Waals surface area contributed by atoms with Crippen LogP contribution in [0.5, 0.6) is 11.8 Å². The van der Waals surface area contributed by atoms with E-state index in [0.29, 0.717) is 22.5 Å². The van der Waals surface area contributed by atoms with Crippen molar-refractivity contribution < 1.29 is 27.0 Å². The van der Waals surface area contributed by atoms with Gasteiger partial charge in [-0.2, -0.15) is 22.5 Å². The Morgan fingerprint density at radius 2 is 1.82 bits per heavy atom. The maximum Gasteiger partial charge on any atom is 0.434 e. The van der Waals surface area contributed by atoms with E-state index < -0.39 is 17.8 Å². The highest BCUT2D eigenvalue weighted by atomic mass is 19.4. The lowest BCUT2D eigenvalue weighted by molar-refractivity contribution is -0.140. The van der Waals surface area contributed by atoms with Crippen LogP contribution in [-0.4, -0.2) is 46.6 Å². The zero-order valence-electron chi connectivity index (χ0n) is 21.1. The van der Waals surface area contributed by atoms with Gasteiger partial charge in [0.05, 0.1) is 18.2 Å². The van der Waals surface area contributed by atoms with Crippen LogP contribution in [0.25, 0.3) is 33.9 Å². The van der Waals surface area contributed by atoms with Crippen LogP contribution < -0.4 is 9.47 Å². The fourth-order valence-electron chi connectivity index (χ4n) is 4.25. The number of fused-ring (bicyclic) bond motifs is 1. The van der Waals surface area contributed by atoms with Crippen molar-refractivity contribution in [2.24, 2.45) is 7.05 Å². The van der Waals surface area contributed by atoms with E-state index in [1.165, 1.54) is 32.6 Å². The highest BCUT2D eigenvalue weighted by Gasteiger charge is 2.35. The number of rotatable bonds is 7. The number of aromatic nitrogens is 8. The van der Waals surface area contributed by atoms with Crippen molar-refractivity contribution >= 4 is 11.0 Å². The van der Waals surface area contributed by atoms with Crippen LogP contribution in [0.2, 0.25) is 0 Å². The Morgan fingerprint density at radius 1 is 1.00 bits per heavy atom. The van der Waals surface area contributed by atoms with Gasteiger partial charge in [0.2, 0.25) is 17.7 Å². The second-order valence-corrected chi connectivity index (χ2v) is 9.14. The molecule has 0 aliphatic heterocycles. The molecule has 14 heteroatoms. The molecule has 0 spiro atoms. The minimum atomic E-state index is -4.63. The minimum Gasteiger partial charge on any atom is -0.480 e. The molecule has 0 bridgehead atoms. The first kappa shape index (κ1) is 25.5. The maximum absolute atomic E-state index is 15.0. The zero-order chi connectivity index (χ0) is 28.0. The molecule has 40 heavy (non-hydrogen) atoms. The van der Waals surface area contributed by atoms with Crippen molar-refractivity contribution in [3.8, 4) is 34.7 Å². The molecule has 0 atom stereocenters. The second kappa shape index (κ2) is 9.77. The molecular weight excluding hydrogens is 532 g/mol. The lowest BCUT2D eigenvalue weighted by Crippen LogP contribution is -2.07. The van der Waals surface area contributed by atoms with Gasteiger partial charge in [-0.1, -0.05) is 0 Å². The van der Waals surface area contributed by atoms with E-state index in [-0.39, 0.29) is 41.3 Å². The summed E-state index contributed by atoms with van der Waals surface area (Å²) in [6, 6.07) is 6.17. The summed E-state index contributed by atoms with van der Waals surface area (Å²) in [7, 11) is 2.87. The molecule has 5 heterocycles. The van der Waals surface area contributed by atoms with E-state index in [1.54, 1.807) is 18.3 Å². The van der Waals surface area contributed by atoms with Gasteiger partial charge in [0.25, 0.3) is 0 Å². The van der Waals surface area contributed by atoms with Crippen LogP contribution in [0, 0.1) is 5.95 Å². The molecule has 1 aliphatic rings. The lowest BCUT2D eigenvalue weighted by atomic mass is 10.1. The standard InChI is InChI=1S/C26H20F4N8O2/c1-38-10-17(26(28,29)30)35-23(38)16-8-7-14(20(27)34-16)11-40-24-15-4-3-9-31-21(15)36-22(37-24)18-19(13-5-6-13)32-12-33-25(18)39-2/h3-4,7-10,12-13H,5-6,11H2,1-2H3. The number of alkyl halides is 3. The average molecular weight is 552 g/mol. The maximum atomic E-state index is 15.0. The van der Waals surface area contributed by atoms with Crippen LogP contribution >= 0.6 is 0 Å². The molecule has 1 aliphatic carbocycles. The number of hydrogen-bond acceptors (Lipinski definition) is 9. The number of nitrogens with zero attached hydrogens (tertiary/aromatic N) is 8. The van der Waals surface area contributed by atoms with Crippen LogP contribution in [0.3, 0.4) is 0 Å². The monoisotopic (exact) mass is 552 g/mol. The first-order chi connectivity index (χ1) is 19.2. The molecule has 0 N–H and O–H groups in total. The molecule has 6 rings (SSSR count). The topological polar surface area (TPSA) is 114 Å². The third-order valence-electron chi connectivity index (χ3n) is 6.35. The molecule has 1 saturated carbocycles. The Balaban J connectivity index is 1.33. The van der Waals surface area contributed by atoms with Crippen molar-refractivity contribution in [3.63, 3.8) is 0 Å². The van der Waals surface area contributed by atoms with Crippen LogP contribution in [0.4, 0.5) is 17.6 Å². The van der Waals surface area contributed by atoms with Gasteiger partial charge in [0, 0.05) is 30.9 Å². The number of pyridine rings is 2. The number of methoxy groups -OCH3 is 1. The van der Waals surface area contributed by atoms with Gasteiger partial charge in [-0.25, -0.2) is 29.9 Å². The summed E-state index contributed by atoms with van der Waals surface area (Å²) in [4.78, 5) is 29.6. The predicted molar refractivity (Wildman–Crippen MR) is 133 cm³/mol. The Morgan fingerprint density at radius 3 is 2.52 bits per heavy atom. The third kappa shape index (κ3) is 4.76. The van der Waals surface area contributed by atoms with E-state index in [4.69, 9.17) is 9.47 Å². The Labute approximate surface area is 224 Å². The van der Waals surface area contributed by atoms with E-state index in [1.807, 2.05) is 0 Å². The van der Waals surface area contributed by atoms with Crippen LogP contribution in [0.15, 0.2) is 43.0 Å². The Hall–Kier alpha value is -4.75. The average Bonchev–Trinajstić information content (AvgIpc) is 3.71. The highest BCUT2D eigenvalue weighted by molar-refractivity contribution is 5.83. The molecule has 1 fully saturated rings. The zero-order valence-corrected chi connectivity index (χ0v) is 21.1. The van der Waals surface area contributed by atoms with Crippen molar-refractivity contribution in [3.05, 3.63) is 65.9 Å². The van der Waals surface area contributed by atoms with Crippen molar-refractivity contribution in [1.82, 2.24) is 39.5 Å². The summed E-state index contributed by atoms with van der Waals surface area (Å²) in [6.45, 7) is -0.272. The van der Waals surface area contributed by atoms with Crippen LogP contribution in [-0.2, 0) is 19.8 Å². The SMILES string of the molecule is COc1ncnc(C2CC2)c1-c1nc(OCc2ccc(-c3nc(C(F)(F)F)cn3C)nc2F)c2cccnc2n1. The minimum absolute atomic E-state index is 0.0537. The first-order valence-corrected chi connectivity index (χ1v) is 12.1. The fourth-order valence-corrected chi connectivity index (χ4v) is 4.25. The van der Waals surface area contributed by atoms with E-state index >= 15 is 0 Å². The van der Waals surface area contributed by atoms with Gasteiger partial charge in [0.15, 0.2) is 23.0 Å². The van der Waals surface area contributed by atoms with Crippen LogP contribution in [0.1, 0.15) is 35.7 Å². The summed E-state index contributed by atoms with van der Waals surface area (Å²) < 4.78 is 66.7.